The lowest BCUT2D eigenvalue weighted by Gasteiger charge is -2.01. The van der Waals surface area contributed by atoms with Gasteiger partial charge in [-0.25, -0.2) is 0 Å². The lowest BCUT2D eigenvalue weighted by molar-refractivity contribution is 0.412. The fraction of sp³-hybridized carbons (Fsp3) is 0.267. The first-order valence-electron chi connectivity index (χ1n) is 6.82. The molecular weight excluding hydrogens is 252 g/mol. The van der Waals surface area contributed by atoms with Crippen LogP contribution in [0.4, 0.5) is 0 Å². The van der Waals surface area contributed by atoms with Crippen molar-refractivity contribution in [3.63, 3.8) is 0 Å². The van der Waals surface area contributed by atoms with Gasteiger partial charge in [-0.2, -0.15) is 4.98 Å². The molecule has 1 aliphatic rings. The molecule has 100 valence electrons. The van der Waals surface area contributed by atoms with Crippen LogP contribution in [0.1, 0.15) is 24.7 Å². The molecule has 20 heavy (non-hydrogen) atoms. The van der Waals surface area contributed by atoms with Gasteiger partial charge in [-0.15, -0.1) is 0 Å². The van der Waals surface area contributed by atoms with Gasteiger partial charge in [0.2, 0.25) is 0 Å². The molecule has 3 heterocycles. The summed E-state index contributed by atoms with van der Waals surface area (Å²) in [6, 6.07) is 10.2. The van der Waals surface area contributed by atoms with E-state index in [1.54, 1.807) is 6.20 Å². The Labute approximate surface area is 116 Å². The number of fused-ring (bicyclic) bond motifs is 1. The number of nitrogens with one attached hydrogen (secondary N) is 1. The average Bonchev–Trinajstić information content (AvgIpc) is 3.17. The van der Waals surface area contributed by atoms with Gasteiger partial charge in [-0.3, -0.25) is 4.98 Å². The average molecular weight is 266 g/mol. The number of hydrogen-bond acceptors (Lipinski definition) is 5. The van der Waals surface area contributed by atoms with E-state index >= 15 is 0 Å². The van der Waals surface area contributed by atoms with Crippen LogP contribution < -0.4 is 5.32 Å². The molecule has 5 nitrogen and oxygen atoms in total. The maximum atomic E-state index is 5.39. The molecule has 1 N–H and O–H groups in total. The minimum atomic E-state index is 0.231. The molecule has 4 rings (SSSR count). The Kier molecular flexibility index (Phi) is 2.70. The smallest absolute Gasteiger partial charge is 0.258 e. The summed E-state index contributed by atoms with van der Waals surface area (Å²) in [6.45, 7) is 1.02. The Morgan fingerprint density at radius 3 is 3.15 bits per heavy atom. The Morgan fingerprint density at radius 2 is 2.25 bits per heavy atom. The molecular formula is C15H14N4O. The Morgan fingerprint density at radius 1 is 1.25 bits per heavy atom. The summed E-state index contributed by atoms with van der Waals surface area (Å²) in [5.74, 6) is 1.32. The fourth-order valence-electron chi connectivity index (χ4n) is 2.61. The molecule has 1 saturated heterocycles. The van der Waals surface area contributed by atoms with Crippen molar-refractivity contribution < 1.29 is 4.52 Å². The third-order valence-corrected chi connectivity index (χ3v) is 3.66. The first kappa shape index (κ1) is 11.5. The first-order chi connectivity index (χ1) is 9.90. The van der Waals surface area contributed by atoms with Crippen molar-refractivity contribution >= 4 is 10.9 Å². The predicted octanol–water partition coefficient (Wildman–Crippen LogP) is 2.71. The zero-order valence-corrected chi connectivity index (χ0v) is 10.9. The van der Waals surface area contributed by atoms with E-state index in [9.17, 15) is 0 Å². The lowest BCUT2D eigenvalue weighted by atomic mass is 10.1. The molecule has 3 aromatic rings. The van der Waals surface area contributed by atoms with Gasteiger partial charge in [-0.05, 0) is 43.7 Å². The summed E-state index contributed by atoms with van der Waals surface area (Å²) in [7, 11) is 0. The van der Waals surface area contributed by atoms with Crippen molar-refractivity contribution in [1.29, 1.82) is 0 Å². The van der Waals surface area contributed by atoms with Gasteiger partial charge >= 0.3 is 0 Å². The molecule has 1 fully saturated rings. The summed E-state index contributed by atoms with van der Waals surface area (Å²) in [6.07, 6.45) is 4.02. The highest BCUT2D eigenvalue weighted by atomic mass is 16.5. The summed E-state index contributed by atoms with van der Waals surface area (Å²) in [5.41, 5.74) is 1.90. The van der Waals surface area contributed by atoms with Crippen LogP contribution in [-0.2, 0) is 0 Å². The number of hydrogen-bond donors (Lipinski definition) is 1. The van der Waals surface area contributed by atoms with E-state index in [0.717, 1.165) is 41.7 Å². The summed E-state index contributed by atoms with van der Waals surface area (Å²) < 4.78 is 5.39. The first-order valence-corrected chi connectivity index (χ1v) is 6.82. The maximum Gasteiger partial charge on any atom is 0.258 e. The molecule has 0 radical (unpaired) electrons. The molecule has 0 spiro atoms. The van der Waals surface area contributed by atoms with E-state index < -0.39 is 0 Å². The van der Waals surface area contributed by atoms with Gasteiger partial charge in [0.15, 0.2) is 5.82 Å². The van der Waals surface area contributed by atoms with E-state index in [1.807, 2.05) is 30.3 Å². The number of aromatic nitrogens is 3. The normalized spacial score (nSPS) is 18.7. The second-order valence-electron chi connectivity index (χ2n) is 5.02. The van der Waals surface area contributed by atoms with Crippen LogP contribution in [0, 0.1) is 0 Å². The molecule has 2 aromatic heterocycles. The Balaban J connectivity index is 1.71. The molecule has 0 amide bonds. The topological polar surface area (TPSA) is 63.8 Å². The molecule has 1 atom stereocenters. The Hall–Kier alpha value is -2.27. The molecule has 5 heteroatoms. The second-order valence-corrected chi connectivity index (χ2v) is 5.02. The van der Waals surface area contributed by atoms with Crippen LogP contribution in [0.25, 0.3) is 22.4 Å². The zero-order valence-electron chi connectivity index (χ0n) is 10.9. The highest BCUT2D eigenvalue weighted by Crippen LogP contribution is 2.25. The fourth-order valence-corrected chi connectivity index (χ4v) is 2.61. The molecule has 1 aromatic carbocycles. The standard InChI is InChI=1S/C15H14N4O/c1-3-10-9-11(5-6-12(10)16-7-1)15-18-14(19-20-15)13-4-2-8-17-13/h1,3,5-7,9,13,17H,2,4,8H2. The molecule has 0 aliphatic carbocycles. The zero-order chi connectivity index (χ0) is 13.4. The largest absolute Gasteiger partial charge is 0.334 e. The van der Waals surface area contributed by atoms with E-state index in [1.165, 1.54) is 0 Å². The van der Waals surface area contributed by atoms with Gasteiger partial charge < -0.3 is 9.84 Å². The SMILES string of the molecule is c1cnc2ccc(-c3nc(C4CCCN4)no3)cc2c1. The van der Waals surface area contributed by atoms with Crippen molar-refractivity contribution in [1.82, 2.24) is 20.4 Å². The van der Waals surface area contributed by atoms with Crippen LogP contribution >= 0.6 is 0 Å². The van der Waals surface area contributed by atoms with Crippen molar-refractivity contribution in [2.45, 2.75) is 18.9 Å². The monoisotopic (exact) mass is 266 g/mol. The number of nitrogens with zero attached hydrogens (tertiary/aromatic N) is 3. The predicted molar refractivity (Wildman–Crippen MR) is 75.0 cm³/mol. The van der Waals surface area contributed by atoms with E-state index in [-0.39, 0.29) is 6.04 Å². The van der Waals surface area contributed by atoms with Gasteiger partial charge in [-0.1, -0.05) is 11.2 Å². The second kappa shape index (κ2) is 4.68. The maximum absolute atomic E-state index is 5.39. The summed E-state index contributed by atoms with van der Waals surface area (Å²) >= 11 is 0. The third kappa shape index (κ3) is 1.96. The van der Waals surface area contributed by atoms with Gasteiger partial charge in [0, 0.05) is 17.1 Å². The van der Waals surface area contributed by atoms with Crippen molar-refractivity contribution in [2.24, 2.45) is 0 Å². The van der Waals surface area contributed by atoms with Crippen LogP contribution in [-0.4, -0.2) is 21.7 Å². The van der Waals surface area contributed by atoms with Crippen LogP contribution in [0.2, 0.25) is 0 Å². The summed E-state index contributed by atoms with van der Waals surface area (Å²) in [5, 5.41) is 8.54. The van der Waals surface area contributed by atoms with Crippen molar-refractivity contribution in [2.75, 3.05) is 6.54 Å². The molecule has 1 unspecified atom stereocenters. The van der Waals surface area contributed by atoms with E-state index in [0.29, 0.717) is 5.89 Å². The lowest BCUT2D eigenvalue weighted by Crippen LogP contribution is -2.14. The molecule has 1 aliphatic heterocycles. The van der Waals surface area contributed by atoms with Gasteiger partial charge in [0.25, 0.3) is 5.89 Å². The van der Waals surface area contributed by atoms with Gasteiger partial charge in [0.1, 0.15) is 0 Å². The number of rotatable bonds is 2. The number of pyridine rings is 1. The van der Waals surface area contributed by atoms with Crippen LogP contribution in [0.15, 0.2) is 41.1 Å². The highest BCUT2D eigenvalue weighted by molar-refractivity contribution is 5.82. The van der Waals surface area contributed by atoms with Crippen LogP contribution in [0.5, 0.6) is 0 Å². The third-order valence-electron chi connectivity index (χ3n) is 3.66. The molecule has 0 saturated carbocycles. The highest BCUT2D eigenvalue weighted by Gasteiger charge is 2.22. The van der Waals surface area contributed by atoms with Gasteiger partial charge in [0.05, 0.1) is 11.6 Å². The van der Waals surface area contributed by atoms with Crippen LogP contribution in [0.3, 0.4) is 0 Å². The Bertz CT molecular complexity index is 746. The van der Waals surface area contributed by atoms with Crippen molar-refractivity contribution in [3.8, 4) is 11.5 Å². The summed E-state index contributed by atoms with van der Waals surface area (Å²) in [4.78, 5) is 8.82. The molecule has 0 bridgehead atoms. The minimum absolute atomic E-state index is 0.231. The van der Waals surface area contributed by atoms with E-state index in [2.05, 4.69) is 20.4 Å². The number of benzene rings is 1. The van der Waals surface area contributed by atoms with Crippen molar-refractivity contribution in [3.05, 3.63) is 42.4 Å². The van der Waals surface area contributed by atoms with E-state index in [4.69, 9.17) is 4.52 Å². The minimum Gasteiger partial charge on any atom is -0.334 e. The quantitative estimate of drug-likeness (QED) is 0.772.